The van der Waals surface area contributed by atoms with Gasteiger partial charge in [-0.15, -0.1) is 0 Å². The number of likely N-dealkylation sites (tertiary alicyclic amines) is 1. The average molecular weight is 369 g/mol. The van der Waals surface area contributed by atoms with Crippen molar-refractivity contribution in [3.63, 3.8) is 0 Å². The molecular weight excluding hydrogens is 342 g/mol. The van der Waals surface area contributed by atoms with Crippen molar-refractivity contribution in [2.45, 2.75) is 51.7 Å². The molecule has 2 atom stereocenters. The zero-order valence-electron chi connectivity index (χ0n) is 15.8. The highest BCUT2D eigenvalue weighted by atomic mass is 16.5. The zero-order chi connectivity index (χ0) is 18.9. The quantitative estimate of drug-likeness (QED) is 0.887. The Morgan fingerprint density at radius 1 is 1.30 bits per heavy atom. The largest absolute Gasteiger partial charge is 0.486 e. The van der Waals surface area contributed by atoms with E-state index >= 15 is 0 Å². The smallest absolute Gasteiger partial charge is 0.289 e. The lowest BCUT2D eigenvalue weighted by Gasteiger charge is -2.42. The number of carbonyl (C=O) groups is 1. The van der Waals surface area contributed by atoms with Gasteiger partial charge in [0.05, 0.1) is 6.10 Å². The molecule has 5 heteroatoms. The van der Waals surface area contributed by atoms with Crippen LogP contribution < -0.4 is 4.74 Å². The van der Waals surface area contributed by atoms with Crippen LogP contribution in [-0.4, -0.2) is 35.1 Å². The summed E-state index contributed by atoms with van der Waals surface area (Å²) in [5.74, 6) is 1.74. The third-order valence-electron chi connectivity index (χ3n) is 6.04. The number of hydrogen-bond donors (Lipinski definition) is 1. The SMILES string of the molecule is Cc1cc(COc2ccccc2)oc1C(=O)N1CCC[C@@]2(CCC[C@H]2O)C1. The van der Waals surface area contributed by atoms with E-state index in [1.165, 1.54) is 0 Å². The fourth-order valence-electron chi connectivity index (χ4n) is 4.58. The fraction of sp³-hybridized carbons (Fsp3) is 0.500. The molecule has 0 unspecified atom stereocenters. The highest BCUT2D eigenvalue weighted by Gasteiger charge is 2.46. The molecule has 1 saturated heterocycles. The van der Waals surface area contributed by atoms with Gasteiger partial charge in [0, 0.05) is 24.1 Å². The van der Waals surface area contributed by atoms with Gasteiger partial charge in [0.25, 0.3) is 5.91 Å². The maximum absolute atomic E-state index is 13.1. The first-order valence-corrected chi connectivity index (χ1v) is 9.82. The average Bonchev–Trinajstić information content (AvgIpc) is 3.23. The number of rotatable bonds is 4. The Morgan fingerprint density at radius 3 is 2.81 bits per heavy atom. The van der Waals surface area contributed by atoms with Crippen molar-refractivity contribution >= 4 is 5.91 Å². The predicted octanol–water partition coefficient (Wildman–Crippen LogP) is 3.93. The summed E-state index contributed by atoms with van der Waals surface area (Å²) in [4.78, 5) is 14.9. The topological polar surface area (TPSA) is 62.9 Å². The molecule has 1 aromatic carbocycles. The third kappa shape index (κ3) is 3.61. The van der Waals surface area contributed by atoms with Gasteiger partial charge in [-0.05, 0) is 50.8 Å². The van der Waals surface area contributed by atoms with Crippen LogP contribution in [0.2, 0.25) is 0 Å². The monoisotopic (exact) mass is 369 g/mol. The van der Waals surface area contributed by atoms with E-state index in [1.807, 2.05) is 48.2 Å². The molecule has 1 amide bonds. The first kappa shape index (κ1) is 18.1. The number of ether oxygens (including phenoxy) is 1. The molecule has 1 spiro atoms. The number of aryl methyl sites for hydroxylation is 1. The molecule has 2 fully saturated rings. The summed E-state index contributed by atoms with van der Waals surface area (Å²) in [5, 5.41) is 10.4. The molecule has 2 heterocycles. The van der Waals surface area contributed by atoms with Crippen molar-refractivity contribution in [3.05, 3.63) is 53.5 Å². The number of amides is 1. The van der Waals surface area contributed by atoms with Crippen LogP contribution in [0.5, 0.6) is 5.75 Å². The van der Waals surface area contributed by atoms with Gasteiger partial charge in [0.1, 0.15) is 18.1 Å². The molecule has 1 N–H and O–H groups in total. The van der Waals surface area contributed by atoms with Gasteiger partial charge in [0.2, 0.25) is 0 Å². The van der Waals surface area contributed by atoms with E-state index in [0.717, 1.165) is 50.0 Å². The lowest BCUT2D eigenvalue weighted by molar-refractivity contribution is -0.00645. The minimum Gasteiger partial charge on any atom is -0.486 e. The molecular formula is C22H27NO4. The summed E-state index contributed by atoms with van der Waals surface area (Å²) in [6, 6.07) is 11.4. The maximum atomic E-state index is 13.1. The van der Waals surface area contributed by atoms with E-state index < -0.39 is 0 Å². The Balaban J connectivity index is 1.45. The van der Waals surface area contributed by atoms with Crippen LogP contribution in [0.1, 0.15) is 54.0 Å². The molecule has 1 saturated carbocycles. The molecule has 1 aromatic heterocycles. The minimum absolute atomic E-state index is 0.0726. The summed E-state index contributed by atoms with van der Waals surface area (Å²) in [5.41, 5.74) is 0.714. The van der Waals surface area contributed by atoms with Crippen molar-refractivity contribution in [1.82, 2.24) is 4.90 Å². The standard InChI is InChI=1S/C22H27NO4/c1-16-13-18(14-26-17-7-3-2-4-8-17)27-20(16)21(25)23-12-6-11-22(15-23)10-5-9-19(22)24/h2-4,7-8,13,19,24H,5-6,9-12,14-15H2,1H3/t19-,22+/m1/s1. The Bertz CT molecular complexity index is 800. The maximum Gasteiger partial charge on any atom is 0.289 e. The lowest BCUT2D eigenvalue weighted by Crippen LogP contribution is -2.49. The van der Waals surface area contributed by atoms with Gasteiger partial charge in [0.15, 0.2) is 5.76 Å². The van der Waals surface area contributed by atoms with Gasteiger partial charge in [-0.1, -0.05) is 24.6 Å². The van der Waals surface area contributed by atoms with E-state index in [-0.39, 0.29) is 17.4 Å². The molecule has 0 radical (unpaired) electrons. The fourth-order valence-corrected chi connectivity index (χ4v) is 4.58. The number of aliphatic hydroxyl groups excluding tert-OH is 1. The van der Waals surface area contributed by atoms with Crippen LogP contribution in [0, 0.1) is 12.3 Å². The molecule has 2 aromatic rings. The molecule has 0 bridgehead atoms. The Hall–Kier alpha value is -2.27. The van der Waals surface area contributed by atoms with Gasteiger partial charge in [-0.2, -0.15) is 0 Å². The summed E-state index contributed by atoms with van der Waals surface area (Å²) >= 11 is 0. The van der Waals surface area contributed by atoms with E-state index in [4.69, 9.17) is 9.15 Å². The Morgan fingerprint density at radius 2 is 2.07 bits per heavy atom. The Kier molecular flexibility index (Phi) is 4.96. The van der Waals surface area contributed by atoms with Crippen molar-refractivity contribution in [3.8, 4) is 5.75 Å². The van der Waals surface area contributed by atoms with E-state index in [0.29, 0.717) is 24.7 Å². The van der Waals surface area contributed by atoms with Crippen LogP contribution in [0.4, 0.5) is 0 Å². The van der Waals surface area contributed by atoms with Crippen LogP contribution in [0.3, 0.4) is 0 Å². The second-order valence-corrected chi connectivity index (χ2v) is 7.93. The number of para-hydroxylation sites is 1. The van der Waals surface area contributed by atoms with Gasteiger partial charge in [-0.3, -0.25) is 4.79 Å². The van der Waals surface area contributed by atoms with Gasteiger partial charge in [-0.25, -0.2) is 0 Å². The van der Waals surface area contributed by atoms with Crippen LogP contribution in [0.25, 0.3) is 0 Å². The second-order valence-electron chi connectivity index (χ2n) is 7.93. The molecule has 1 aliphatic heterocycles. The van der Waals surface area contributed by atoms with E-state index in [1.54, 1.807) is 0 Å². The van der Waals surface area contributed by atoms with Crippen molar-refractivity contribution in [2.24, 2.45) is 5.41 Å². The number of aliphatic hydroxyl groups is 1. The number of nitrogens with zero attached hydrogens (tertiary/aromatic N) is 1. The van der Waals surface area contributed by atoms with Crippen molar-refractivity contribution in [2.75, 3.05) is 13.1 Å². The zero-order valence-corrected chi connectivity index (χ0v) is 15.8. The first-order valence-electron chi connectivity index (χ1n) is 9.82. The summed E-state index contributed by atoms with van der Waals surface area (Å²) < 4.78 is 11.6. The number of hydrogen-bond acceptors (Lipinski definition) is 4. The molecule has 2 aliphatic rings. The molecule has 5 nitrogen and oxygen atoms in total. The summed E-state index contributed by atoms with van der Waals surface area (Å²) in [6.45, 7) is 3.54. The molecule has 1 aliphatic carbocycles. The lowest BCUT2D eigenvalue weighted by atomic mass is 9.76. The van der Waals surface area contributed by atoms with Crippen molar-refractivity contribution in [1.29, 1.82) is 0 Å². The summed E-state index contributed by atoms with van der Waals surface area (Å²) in [7, 11) is 0. The first-order chi connectivity index (χ1) is 13.1. The van der Waals surface area contributed by atoms with Crippen molar-refractivity contribution < 1.29 is 19.1 Å². The molecule has 144 valence electrons. The van der Waals surface area contributed by atoms with Gasteiger partial charge >= 0.3 is 0 Å². The molecule has 4 rings (SSSR count). The predicted molar refractivity (Wildman–Crippen MR) is 102 cm³/mol. The number of furan rings is 1. The summed E-state index contributed by atoms with van der Waals surface area (Å²) in [6.07, 6.45) is 4.55. The van der Waals surface area contributed by atoms with E-state index in [9.17, 15) is 9.90 Å². The number of benzene rings is 1. The van der Waals surface area contributed by atoms with Crippen LogP contribution >= 0.6 is 0 Å². The minimum atomic E-state index is -0.291. The highest BCUT2D eigenvalue weighted by Crippen LogP contribution is 2.45. The number of carbonyl (C=O) groups excluding carboxylic acids is 1. The normalized spacial score (nSPS) is 25.1. The van der Waals surface area contributed by atoms with E-state index in [2.05, 4.69) is 0 Å². The van der Waals surface area contributed by atoms with Gasteiger partial charge < -0.3 is 19.2 Å². The van der Waals surface area contributed by atoms with Crippen LogP contribution in [-0.2, 0) is 6.61 Å². The van der Waals surface area contributed by atoms with Crippen LogP contribution in [0.15, 0.2) is 40.8 Å². The number of piperidine rings is 1. The highest BCUT2D eigenvalue weighted by molar-refractivity contribution is 5.93. The third-order valence-corrected chi connectivity index (χ3v) is 6.04. The Labute approximate surface area is 159 Å². The molecule has 27 heavy (non-hydrogen) atoms. The second kappa shape index (κ2) is 7.39.